The fraction of sp³-hybridized carbons (Fsp3) is 0.429. The number of carbonyl (C=O) groups excluding carboxylic acids is 2. The molecule has 0 unspecified atom stereocenters. The van der Waals surface area contributed by atoms with Crippen molar-refractivity contribution in [2.45, 2.75) is 26.7 Å². The van der Waals surface area contributed by atoms with Gasteiger partial charge in [-0.25, -0.2) is 0 Å². The molecule has 1 aromatic carbocycles. The number of morpholine rings is 1. The van der Waals surface area contributed by atoms with Gasteiger partial charge >= 0.3 is 0 Å². The van der Waals surface area contributed by atoms with E-state index in [-0.39, 0.29) is 11.8 Å². The average molecular weight is 402 g/mol. The summed E-state index contributed by atoms with van der Waals surface area (Å²) in [6.45, 7) is 7.45. The molecule has 3 rings (SSSR count). The summed E-state index contributed by atoms with van der Waals surface area (Å²) in [6, 6.07) is 9.19. The molecule has 0 saturated carbocycles. The molecule has 0 aliphatic carbocycles. The van der Waals surface area contributed by atoms with Crippen molar-refractivity contribution in [3.63, 3.8) is 0 Å². The number of ether oxygens (including phenoxy) is 1. The van der Waals surface area contributed by atoms with E-state index < -0.39 is 0 Å². The minimum atomic E-state index is -0.0976. The van der Waals surface area contributed by atoms with Gasteiger partial charge in [-0.05, 0) is 49.2 Å². The normalized spacial score (nSPS) is 14.6. The SMILES string of the molecule is CCCc1cc(C(=O)Nc2ccc(NC(=O)CN3CCOCC3)cc2)sc1C. The van der Waals surface area contributed by atoms with Crippen molar-refractivity contribution < 1.29 is 14.3 Å². The summed E-state index contributed by atoms with van der Waals surface area (Å²) < 4.78 is 5.29. The number of anilines is 2. The van der Waals surface area contributed by atoms with Gasteiger partial charge in [0.15, 0.2) is 0 Å². The summed E-state index contributed by atoms with van der Waals surface area (Å²) in [7, 11) is 0. The Kier molecular flexibility index (Phi) is 7.19. The van der Waals surface area contributed by atoms with Crippen LogP contribution in [-0.4, -0.2) is 49.6 Å². The number of thiophene rings is 1. The van der Waals surface area contributed by atoms with Crippen LogP contribution in [0.25, 0.3) is 0 Å². The lowest BCUT2D eigenvalue weighted by Crippen LogP contribution is -2.41. The molecule has 150 valence electrons. The highest BCUT2D eigenvalue weighted by molar-refractivity contribution is 7.14. The molecule has 2 amide bonds. The summed E-state index contributed by atoms with van der Waals surface area (Å²) in [4.78, 5) is 28.6. The fourth-order valence-electron chi connectivity index (χ4n) is 3.14. The van der Waals surface area contributed by atoms with Crippen molar-refractivity contribution in [2.75, 3.05) is 43.5 Å². The summed E-state index contributed by atoms with van der Waals surface area (Å²) >= 11 is 1.53. The van der Waals surface area contributed by atoms with Crippen molar-refractivity contribution in [3.8, 4) is 0 Å². The van der Waals surface area contributed by atoms with E-state index >= 15 is 0 Å². The molecule has 6 nitrogen and oxygen atoms in total. The first-order valence-electron chi connectivity index (χ1n) is 9.66. The van der Waals surface area contributed by atoms with Crippen LogP contribution in [0.3, 0.4) is 0 Å². The zero-order valence-corrected chi connectivity index (χ0v) is 17.2. The molecule has 0 bridgehead atoms. The Labute approximate surface area is 169 Å². The number of hydrogen-bond acceptors (Lipinski definition) is 5. The highest BCUT2D eigenvalue weighted by Crippen LogP contribution is 2.24. The van der Waals surface area contributed by atoms with Gasteiger partial charge in [0.25, 0.3) is 5.91 Å². The molecule has 0 spiro atoms. The Bertz CT molecular complexity index is 811. The number of aryl methyl sites for hydroxylation is 2. The highest BCUT2D eigenvalue weighted by Gasteiger charge is 2.15. The van der Waals surface area contributed by atoms with Gasteiger partial charge < -0.3 is 15.4 Å². The maximum absolute atomic E-state index is 12.5. The van der Waals surface area contributed by atoms with E-state index in [1.54, 1.807) is 24.3 Å². The van der Waals surface area contributed by atoms with Crippen LogP contribution in [0.5, 0.6) is 0 Å². The second kappa shape index (κ2) is 9.82. The van der Waals surface area contributed by atoms with Gasteiger partial charge in [-0.3, -0.25) is 14.5 Å². The van der Waals surface area contributed by atoms with Gasteiger partial charge in [0.1, 0.15) is 0 Å². The number of benzene rings is 1. The quantitative estimate of drug-likeness (QED) is 0.745. The van der Waals surface area contributed by atoms with E-state index in [9.17, 15) is 9.59 Å². The van der Waals surface area contributed by atoms with Crippen LogP contribution in [-0.2, 0) is 16.0 Å². The molecule has 1 aliphatic heterocycles. The summed E-state index contributed by atoms with van der Waals surface area (Å²) in [5.74, 6) is -0.143. The van der Waals surface area contributed by atoms with Gasteiger partial charge in [-0.1, -0.05) is 13.3 Å². The third-order valence-corrected chi connectivity index (χ3v) is 5.75. The molecule has 1 aromatic heterocycles. The van der Waals surface area contributed by atoms with Crippen LogP contribution < -0.4 is 10.6 Å². The lowest BCUT2D eigenvalue weighted by molar-refractivity contribution is -0.118. The van der Waals surface area contributed by atoms with Gasteiger partial charge in [-0.2, -0.15) is 0 Å². The summed E-state index contributed by atoms with van der Waals surface area (Å²) in [6.07, 6.45) is 2.06. The van der Waals surface area contributed by atoms with Crippen LogP contribution in [0, 0.1) is 6.92 Å². The predicted octanol–water partition coefficient (Wildman–Crippen LogP) is 3.53. The molecule has 2 aromatic rings. The maximum Gasteiger partial charge on any atom is 0.265 e. The molecule has 28 heavy (non-hydrogen) atoms. The third kappa shape index (κ3) is 5.64. The third-order valence-electron chi connectivity index (χ3n) is 4.66. The van der Waals surface area contributed by atoms with Gasteiger partial charge in [-0.15, -0.1) is 11.3 Å². The van der Waals surface area contributed by atoms with Gasteiger partial charge in [0, 0.05) is 29.3 Å². The number of rotatable bonds is 7. The molecule has 0 radical (unpaired) electrons. The molecular formula is C21H27N3O3S. The minimum absolute atomic E-state index is 0.0452. The zero-order valence-electron chi connectivity index (χ0n) is 16.4. The monoisotopic (exact) mass is 401 g/mol. The summed E-state index contributed by atoms with van der Waals surface area (Å²) in [5.41, 5.74) is 2.67. The van der Waals surface area contributed by atoms with E-state index in [2.05, 4.69) is 29.4 Å². The Hall–Kier alpha value is -2.22. The van der Waals surface area contributed by atoms with Crippen molar-refractivity contribution in [2.24, 2.45) is 0 Å². The van der Waals surface area contributed by atoms with Gasteiger partial charge in [0.05, 0.1) is 24.6 Å². The topological polar surface area (TPSA) is 70.7 Å². The minimum Gasteiger partial charge on any atom is -0.379 e. The lowest BCUT2D eigenvalue weighted by Gasteiger charge is -2.25. The molecule has 2 heterocycles. The Morgan fingerprint density at radius 2 is 1.75 bits per heavy atom. The first kappa shape index (κ1) is 20.5. The Morgan fingerprint density at radius 3 is 2.39 bits per heavy atom. The van der Waals surface area contributed by atoms with E-state index in [0.717, 1.165) is 30.8 Å². The second-order valence-corrected chi connectivity index (χ2v) is 8.17. The van der Waals surface area contributed by atoms with Crippen LogP contribution in [0.1, 0.15) is 33.5 Å². The second-order valence-electron chi connectivity index (χ2n) is 6.91. The smallest absolute Gasteiger partial charge is 0.265 e. The van der Waals surface area contributed by atoms with Crippen LogP contribution in [0.4, 0.5) is 11.4 Å². The maximum atomic E-state index is 12.5. The average Bonchev–Trinajstić information content (AvgIpc) is 3.05. The van der Waals surface area contributed by atoms with E-state index in [1.165, 1.54) is 21.8 Å². The number of hydrogen-bond donors (Lipinski definition) is 2. The molecule has 7 heteroatoms. The van der Waals surface area contributed by atoms with Crippen LogP contribution in [0.2, 0.25) is 0 Å². The number of amides is 2. The fourth-order valence-corrected chi connectivity index (χ4v) is 4.11. The van der Waals surface area contributed by atoms with E-state index in [0.29, 0.717) is 31.1 Å². The molecule has 2 N–H and O–H groups in total. The predicted molar refractivity (Wildman–Crippen MR) is 113 cm³/mol. The Balaban J connectivity index is 1.53. The standard InChI is InChI=1S/C21H27N3O3S/c1-3-4-16-13-19(28-15(16)2)21(26)23-18-7-5-17(6-8-18)22-20(25)14-24-9-11-27-12-10-24/h5-8,13H,3-4,9-12,14H2,1-2H3,(H,22,25)(H,23,26). The van der Waals surface area contributed by atoms with Crippen molar-refractivity contribution in [1.82, 2.24) is 4.90 Å². The van der Waals surface area contributed by atoms with Crippen molar-refractivity contribution in [3.05, 3.63) is 45.6 Å². The number of carbonyl (C=O) groups is 2. The Morgan fingerprint density at radius 1 is 1.11 bits per heavy atom. The van der Waals surface area contributed by atoms with Crippen LogP contribution >= 0.6 is 11.3 Å². The largest absolute Gasteiger partial charge is 0.379 e. The zero-order chi connectivity index (χ0) is 19.9. The van der Waals surface area contributed by atoms with Crippen LogP contribution in [0.15, 0.2) is 30.3 Å². The first-order valence-corrected chi connectivity index (χ1v) is 10.5. The van der Waals surface area contributed by atoms with E-state index in [4.69, 9.17) is 4.74 Å². The first-order chi connectivity index (χ1) is 13.5. The van der Waals surface area contributed by atoms with Crippen molar-refractivity contribution in [1.29, 1.82) is 0 Å². The molecule has 1 aliphatic rings. The molecule has 0 atom stereocenters. The van der Waals surface area contributed by atoms with E-state index in [1.807, 2.05) is 6.07 Å². The number of nitrogens with zero attached hydrogens (tertiary/aromatic N) is 1. The molecule has 1 saturated heterocycles. The molecular weight excluding hydrogens is 374 g/mol. The summed E-state index contributed by atoms with van der Waals surface area (Å²) in [5, 5.41) is 5.82. The molecule has 1 fully saturated rings. The number of nitrogens with one attached hydrogen (secondary N) is 2. The van der Waals surface area contributed by atoms with Gasteiger partial charge in [0.2, 0.25) is 5.91 Å². The highest BCUT2D eigenvalue weighted by atomic mass is 32.1. The van der Waals surface area contributed by atoms with Crippen molar-refractivity contribution >= 4 is 34.5 Å². The lowest BCUT2D eigenvalue weighted by atomic mass is 10.1.